The van der Waals surface area contributed by atoms with Crippen LogP contribution in [0.4, 0.5) is 4.39 Å². The van der Waals surface area contributed by atoms with Crippen molar-refractivity contribution in [2.24, 2.45) is 0 Å². The van der Waals surface area contributed by atoms with E-state index in [9.17, 15) is 4.39 Å². The highest BCUT2D eigenvalue weighted by molar-refractivity contribution is 7.09. The lowest BCUT2D eigenvalue weighted by molar-refractivity contribution is 0.637. The third-order valence-corrected chi connectivity index (χ3v) is 4.07. The number of hydrogen-bond acceptors (Lipinski definition) is 2. The van der Waals surface area contributed by atoms with Gasteiger partial charge in [-0.2, -0.15) is 0 Å². The molecular weight excluding hydrogens is 283 g/mol. The lowest BCUT2D eigenvalue weighted by Crippen LogP contribution is -2.04. The number of nitrogens with zero attached hydrogens (tertiary/aromatic N) is 2. The highest BCUT2D eigenvalue weighted by Crippen LogP contribution is 2.22. The number of aryl methyl sites for hydroxylation is 1. The molecule has 3 rings (SSSR count). The molecule has 0 saturated heterocycles. The highest BCUT2D eigenvalue weighted by Gasteiger charge is 2.13. The van der Waals surface area contributed by atoms with Crippen LogP contribution in [-0.4, -0.2) is 15.4 Å². The molecule has 0 amide bonds. The summed E-state index contributed by atoms with van der Waals surface area (Å²) in [6, 6.07) is 9.14. The summed E-state index contributed by atoms with van der Waals surface area (Å²) in [4.78, 5) is 5.61. The summed E-state index contributed by atoms with van der Waals surface area (Å²) in [7, 11) is 0. The Balaban J connectivity index is 2.13. The Kier molecular flexibility index (Phi) is 3.53. The van der Waals surface area contributed by atoms with E-state index in [0.29, 0.717) is 24.4 Å². The van der Waals surface area contributed by atoms with E-state index in [4.69, 9.17) is 11.6 Å². The second kappa shape index (κ2) is 5.31. The zero-order chi connectivity index (χ0) is 13.2. The van der Waals surface area contributed by atoms with Crippen molar-refractivity contribution in [2.75, 3.05) is 5.88 Å². The molecule has 0 aliphatic heterocycles. The summed E-state index contributed by atoms with van der Waals surface area (Å²) in [5.74, 6) is 1.04. The number of imidazole rings is 1. The molecule has 0 radical (unpaired) electrons. The molecule has 0 unspecified atom stereocenters. The molecule has 19 heavy (non-hydrogen) atoms. The Labute approximate surface area is 119 Å². The van der Waals surface area contributed by atoms with Gasteiger partial charge in [-0.3, -0.25) is 0 Å². The number of halogens is 2. The maximum atomic E-state index is 13.8. The number of benzene rings is 1. The van der Waals surface area contributed by atoms with Gasteiger partial charge >= 0.3 is 0 Å². The molecule has 0 saturated carbocycles. The van der Waals surface area contributed by atoms with Gasteiger partial charge in [-0.1, -0.05) is 12.1 Å². The SMILES string of the molecule is Fc1cccc2c1nc(CCCl)n2Cc1cccs1. The summed E-state index contributed by atoms with van der Waals surface area (Å²) < 4.78 is 15.8. The first-order valence-corrected chi connectivity index (χ1v) is 7.43. The summed E-state index contributed by atoms with van der Waals surface area (Å²) in [5, 5.41) is 2.04. The molecule has 0 aliphatic rings. The van der Waals surface area contributed by atoms with E-state index in [1.807, 2.05) is 22.1 Å². The molecule has 2 nitrogen and oxygen atoms in total. The normalized spacial score (nSPS) is 11.3. The minimum Gasteiger partial charge on any atom is -0.323 e. The van der Waals surface area contributed by atoms with E-state index in [1.165, 1.54) is 10.9 Å². The molecule has 0 N–H and O–H groups in total. The fourth-order valence-electron chi connectivity index (χ4n) is 2.17. The zero-order valence-corrected chi connectivity index (χ0v) is 11.7. The van der Waals surface area contributed by atoms with Crippen LogP contribution in [-0.2, 0) is 13.0 Å². The summed E-state index contributed by atoms with van der Waals surface area (Å²) in [5.41, 5.74) is 1.26. The van der Waals surface area contributed by atoms with Gasteiger partial charge in [0.1, 0.15) is 11.3 Å². The third kappa shape index (κ3) is 2.38. The largest absolute Gasteiger partial charge is 0.323 e. The Morgan fingerprint density at radius 2 is 2.16 bits per heavy atom. The van der Waals surface area contributed by atoms with Gasteiger partial charge in [0.25, 0.3) is 0 Å². The molecular formula is C14H12ClFN2S. The number of fused-ring (bicyclic) bond motifs is 1. The monoisotopic (exact) mass is 294 g/mol. The number of alkyl halides is 1. The third-order valence-electron chi connectivity index (χ3n) is 3.02. The first-order chi connectivity index (χ1) is 9.29. The van der Waals surface area contributed by atoms with Gasteiger partial charge in [-0.15, -0.1) is 22.9 Å². The predicted molar refractivity (Wildman–Crippen MR) is 77.5 cm³/mol. The maximum absolute atomic E-state index is 13.8. The minimum atomic E-state index is -0.279. The van der Waals surface area contributed by atoms with E-state index >= 15 is 0 Å². The number of aromatic nitrogens is 2. The summed E-state index contributed by atoms with van der Waals surface area (Å²) in [6.45, 7) is 0.712. The molecule has 0 aliphatic carbocycles. The van der Waals surface area contributed by atoms with Crippen molar-refractivity contribution in [3.8, 4) is 0 Å². The lowest BCUT2D eigenvalue weighted by atomic mass is 10.3. The fourth-order valence-corrected chi connectivity index (χ4v) is 3.03. The van der Waals surface area contributed by atoms with E-state index in [2.05, 4.69) is 11.1 Å². The molecule has 2 aromatic heterocycles. The van der Waals surface area contributed by atoms with Gasteiger partial charge in [0, 0.05) is 17.2 Å². The van der Waals surface area contributed by atoms with Gasteiger partial charge in [0.15, 0.2) is 5.82 Å². The van der Waals surface area contributed by atoms with Crippen LogP contribution in [0.5, 0.6) is 0 Å². The summed E-state index contributed by atoms with van der Waals surface area (Å²) >= 11 is 7.50. The molecule has 2 heterocycles. The molecule has 1 aromatic carbocycles. The Morgan fingerprint density at radius 1 is 1.26 bits per heavy atom. The van der Waals surface area contributed by atoms with Gasteiger partial charge in [0.05, 0.1) is 12.1 Å². The number of thiophene rings is 1. The van der Waals surface area contributed by atoms with Crippen molar-refractivity contribution >= 4 is 34.0 Å². The van der Waals surface area contributed by atoms with Crippen LogP contribution in [0.3, 0.4) is 0 Å². The number of para-hydroxylation sites is 1. The Hall–Kier alpha value is -1.39. The van der Waals surface area contributed by atoms with E-state index in [0.717, 1.165) is 11.3 Å². The average Bonchev–Trinajstić information content (AvgIpc) is 3.01. The van der Waals surface area contributed by atoms with Crippen LogP contribution in [0.2, 0.25) is 0 Å². The van der Waals surface area contributed by atoms with E-state index < -0.39 is 0 Å². The lowest BCUT2D eigenvalue weighted by Gasteiger charge is -2.06. The molecule has 0 bridgehead atoms. The smallest absolute Gasteiger partial charge is 0.151 e. The molecule has 0 fully saturated rings. The molecule has 5 heteroatoms. The van der Waals surface area contributed by atoms with Crippen LogP contribution < -0.4 is 0 Å². The second-order valence-corrected chi connectivity index (χ2v) is 5.65. The predicted octanol–water partition coefficient (Wildman–Crippen LogP) is 4.07. The molecule has 3 aromatic rings. The van der Waals surface area contributed by atoms with Gasteiger partial charge < -0.3 is 4.57 Å². The summed E-state index contributed by atoms with van der Waals surface area (Å²) in [6.07, 6.45) is 0.640. The first-order valence-electron chi connectivity index (χ1n) is 6.01. The number of hydrogen-bond donors (Lipinski definition) is 0. The van der Waals surface area contributed by atoms with Gasteiger partial charge in [-0.05, 0) is 23.6 Å². The van der Waals surface area contributed by atoms with Gasteiger partial charge in [0.2, 0.25) is 0 Å². The molecule has 0 atom stereocenters. The van der Waals surface area contributed by atoms with Crippen molar-refractivity contribution in [1.82, 2.24) is 9.55 Å². The van der Waals surface area contributed by atoms with Crippen molar-refractivity contribution in [1.29, 1.82) is 0 Å². The van der Waals surface area contributed by atoms with E-state index in [-0.39, 0.29) is 5.82 Å². The minimum absolute atomic E-state index is 0.279. The average molecular weight is 295 g/mol. The Bertz CT molecular complexity index is 691. The number of rotatable bonds is 4. The maximum Gasteiger partial charge on any atom is 0.151 e. The standard InChI is InChI=1S/C14H12ClFN2S/c15-7-6-13-17-14-11(16)4-1-5-12(14)18(13)9-10-3-2-8-19-10/h1-5,8H,6-7,9H2. The van der Waals surface area contributed by atoms with Crippen LogP contribution in [0.25, 0.3) is 11.0 Å². The van der Waals surface area contributed by atoms with Crippen molar-refractivity contribution < 1.29 is 4.39 Å². The van der Waals surface area contributed by atoms with Crippen LogP contribution >= 0.6 is 22.9 Å². The molecule has 98 valence electrons. The van der Waals surface area contributed by atoms with Crippen LogP contribution in [0.1, 0.15) is 10.7 Å². The fraction of sp³-hybridized carbons (Fsp3) is 0.214. The van der Waals surface area contributed by atoms with Crippen molar-refractivity contribution in [2.45, 2.75) is 13.0 Å². The van der Waals surface area contributed by atoms with Crippen LogP contribution in [0.15, 0.2) is 35.7 Å². The Morgan fingerprint density at radius 3 is 2.89 bits per heavy atom. The topological polar surface area (TPSA) is 17.8 Å². The van der Waals surface area contributed by atoms with Crippen molar-refractivity contribution in [3.05, 3.63) is 52.2 Å². The van der Waals surface area contributed by atoms with Crippen molar-refractivity contribution in [3.63, 3.8) is 0 Å². The van der Waals surface area contributed by atoms with Gasteiger partial charge in [-0.25, -0.2) is 9.37 Å². The molecule has 0 spiro atoms. The quantitative estimate of drug-likeness (QED) is 0.663. The van der Waals surface area contributed by atoms with Crippen LogP contribution in [0, 0.1) is 5.82 Å². The highest BCUT2D eigenvalue weighted by atomic mass is 35.5. The zero-order valence-electron chi connectivity index (χ0n) is 10.1. The van der Waals surface area contributed by atoms with E-state index in [1.54, 1.807) is 17.4 Å². The first kappa shape index (κ1) is 12.6. The second-order valence-electron chi connectivity index (χ2n) is 4.24.